The van der Waals surface area contributed by atoms with Crippen molar-refractivity contribution in [2.75, 3.05) is 21.3 Å². The van der Waals surface area contributed by atoms with Gasteiger partial charge in [-0.3, -0.25) is 4.79 Å². The number of esters is 1. The number of allylic oxidation sites excluding steroid dienone is 1. The summed E-state index contributed by atoms with van der Waals surface area (Å²) in [4.78, 5) is 25.6. The van der Waals surface area contributed by atoms with Gasteiger partial charge in [-0.15, -0.1) is 0 Å². The Morgan fingerprint density at radius 1 is 0.742 bits per heavy atom. The Kier molecular flexibility index (Phi) is 7.06. The summed E-state index contributed by atoms with van der Waals surface area (Å²) in [6.07, 6.45) is 3.06. The molecule has 3 rings (SSSR count). The summed E-state index contributed by atoms with van der Waals surface area (Å²) < 4.78 is 21.3. The van der Waals surface area contributed by atoms with Gasteiger partial charge >= 0.3 is 5.97 Å². The molecule has 0 saturated carbocycles. The van der Waals surface area contributed by atoms with E-state index >= 15 is 0 Å². The number of carbonyl (C=O) groups excluding carboxylic acids is 2. The molecule has 0 aromatic heterocycles. The van der Waals surface area contributed by atoms with Crippen molar-refractivity contribution in [3.05, 3.63) is 89.5 Å². The van der Waals surface area contributed by atoms with E-state index in [1.165, 1.54) is 26.4 Å². The second-order valence-corrected chi connectivity index (χ2v) is 6.43. The van der Waals surface area contributed by atoms with Gasteiger partial charge in [0.15, 0.2) is 5.78 Å². The molecule has 0 saturated heterocycles. The summed E-state index contributed by atoms with van der Waals surface area (Å²) in [7, 11) is 4.49. The first-order chi connectivity index (χ1) is 15.0. The molecule has 6 nitrogen and oxygen atoms in total. The van der Waals surface area contributed by atoms with Gasteiger partial charge in [0.25, 0.3) is 0 Å². The van der Waals surface area contributed by atoms with Crippen LogP contribution >= 0.6 is 0 Å². The number of benzene rings is 3. The molecule has 0 spiro atoms. The van der Waals surface area contributed by atoms with E-state index in [-0.39, 0.29) is 22.8 Å². The van der Waals surface area contributed by atoms with E-state index in [2.05, 4.69) is 0 Å². The van der Waals surface area contributed by atoms with Crippen LogP contribution in [-0.2, 0) is 0 Å². The Hall–Kier alpha value is -4.06. The van der Waals surface area contributed by atoms with E-state index < -0.39 is 5.97 Å². The Labute approximate surface area is 180 Å². The van der Waals surface area contributed by atoms with Crippen LogP contribution < -0.4 is 18.9 Å². The highest BCUT2D eigenvalue weighted by Crippen LogP contribution is 2.35. The standard InChI is InChI=1S/C25H22O6/c1-28-19-12-9-17(10-13-19)11-14-21(26)24-22(30-3)15-20(29-2)16-23(24)31-25(27)18-7-5-4-6-8-18/h4-16H,1-3H3/b14-11+. The van der Waals surface area contributed by atoms with Crippen molar-refractivity contribution in [1.29, 1.82) is 0 Å². The van der Waals surface area contributed by atoms with Gasteiger partial charge in [0, 0.05) is 12.1 Å². The van der Waals surface area contributed by atoms with Crippen molar-refractivity contribution < 1.29 is 28.5 Å². The number of methoxy groups -OCH3 is 3. The van der Waals surface area contributed by atoms with Gasteiger partial charge in [0.05, 0.1) is 26.9 Å². The maximum absolute atomic E-state index is 13.0. The number of rotatable bonds is 8. The Balaban J connectivity index is 1.95. The zero-order chi connectivity index (χ0) is 22.2. The van der Waals surface area contributed by atoms with E-state index in [9.17, 15) is 9.59 Å². The molecule has 0 bridgehead atoms. The predicted molar refractivity (Wildman–Crippen MR) is 117 cm³/mol. The van der Waals surface area contributed by atoms with Crippen molar-refractivity contribution in [2.45, 2.75) is 0 Å². The first-order valence-corrected chi connectivity index (χ1v) is 9.45. The lowest BCUT2D eigenvalue weighted by atomic mass is 10.1. The molecular weight excluding hydrogens is 396 g/mol. The molecule has 0 radical (unpaired) electrons. The largest absolute Gasteiger partial charge is 0.497 e. The highest BCUT2D eigenvalue weighted by Gasteiger charge is 2.21. The van der Waals surface area contributed by atoms with Gasteiger partial charge in [-0.25, -0.2) is 4.79 Å². The zero-order valence-corrected chi connectivity index (χ0v) is 17.5. The highest BCUT2D eigenvalue weighted by molar-refractivity contribution is 6.11. The Morgan fingerprint density at radius 3 is 2.00 bits per heavy atom. The number of carbonyl (C=O) groups is 2. The average molecular weight is 418 g/mol. The van der Waals surface area contributed by atoms with Crippen LogP contribution in [0.3, 0.4) is 0 Å². The van der Waals surface area contributed by atoms with E-state index in [4.69, 9.17) is 18.9 Å². The third-order valence-electron chi connectivity index (χ3n) is 4.50. The molecule has 0 fully saturated rings. The van der Waals surface area contributed by atoms with Crippen molar-refractivity contribution in [2.24, 2.45) is 0 Å². The van der Waals surface area contributed by atoms with E-state index in [0.717, 1.165) is 11.3 Å². The number of hydrogen-bond donors (Lipinski definition) is 0. The fraction of sp³-hybridized carbons (Fsp3) is 0.120. The topological polar surface area (TPSA) is 71.1 Å². The van der Waals surface area contributed by atoms with E-state index in [1.807, 2.05) is 12.1 Å². The van der Waals surface area contributed by atoms with Gasteiger partial charge in [0.2, 0.25) is 0 Å². The molecule has 0 aliphatic carbocycles. The van der Waals surface area contributed by atoms with Crippen LogP contribution in [0.15, 0.2) is 72.8 Å². The zero-order valence-electron chi connectivity index (χ0n) is 17.5. The van der Waals surface area contributed by atoms with Crippen LogP contribution in [0.1, 0.15) is 26.3 Å². The van der Waals surface area contributed by atoms with Crippen LogP contribution in [0.5, 0.6) is 23.0 Å². The molecule has 31 heavy (non-hydrogen) atoms. The van der Waals surface area contributed by atoms with Crippen LogP contribution in [0.2, 0.25) is 0 Å². The number of hydrogen-bond acceptors (Lipinski definition) is 6. The van der Waals surface area contributed by atoms with Gasteiger partial charge in [0.1, 0.15) is 28.6 Å². The molecule has 0 N–H and O–H groups in total. The lowest BCUT2D eigenvalue weighted by Gasteiger charge is -2.14. The van der Waals surface area contributed by atoms with Crippen LogP contribution in [-0.4, -0.2) is 33.1 Å². The van der Waals surface area contributed by atoms with Crippen molar-refractivity contribution in [1.82, 2.24) is 0 Å². The monoisotopic (exact) mass is 418 g/mol. The minimum atomic E-state index is -0.593. The first-order valence-electron chi connectivity index (χ1n) is 9.45. The Morgan fingerprint density at radius 2 is 1.39 bits per heavy atom. The summed E-state index contributed by atoms with van der Waals surface area (Å²) in [5, 5.41) is 0. The summed E-state index contributed by atoms with van der Waals surface area (Å²) in [6.45, 7) is 0. The van der Waals surface area contributed by atoms with Crippen molar-refractivity contribution >= 4 is 17.8 Å². The SMILES string of the molecule is COc1ccc(/C=C/C(=O)c2c(OC)cc(OC)cc2OC(=O)c2ccccc2)cc1. The Bertz CT molecular complexity index is 1090. The van der Waals surface area contributed by atoms with Gasteiger partial charge < -0.3 is 18.9 Å². The molecule has 0 unspecified atom stereocenters. The molecule has 0 heterocycles. The normalized spacial score (nSPS) is 10.5. The predicted octanol–water partition coefficient (Wildman–Crippen LogP) is 4.83. The fourth-order valence-electron chi connectivity index (χ4n) is 2.87. The second-order valence-electron chi connectivity index (χ2n) is 6.43. The molecular formula is C25H22O6. The molecule has 0 aliphatic heterocycles. The second kappa shape index (κ2) is 10.1. The smallest absolute Gasteiger partial charge is 0.343 e. The summed E-state index contributed by atoms with van der Waals surface area (Å²) >= 11 is 0. The average Bonchev–Trinajstić information content (AvgIpc) is 2.82. The molecule has 0 aliphatic rings. The van der Waals surface area contributed by atoms with Gasteiger partial charge in [-0.1, -0.05) is 36.4 Å². The highest BCUT2D eigenvalue weighted by atomic mass is 16.5. The van der Waals surface area contributed by atoms with Crippen LogP contribution in [0, 0.1) is 0 Å². The molecule has 3 aromatic rings. The maximum Gasteiger partial charge on any atom is 0.343 e. The minimum Gasteiger partial charge on any atom is -0.497 e. The fourth-order valence-corrected chi connectivity index (χ4v) is 2.87. The maximum atomic E-state index is 13.0. The number of ether oxygens (including phenoxy) is 4. The molecule has 0 atom stereocenters. The lowest BCUT2D eigenvalue weighted by Crippen LogP contribution is -2.12. The first kappa shape index (κ1) is 21.6. The number of ketones is 1. The lowest BCUT2D eigenvalue weighted by molar-refractivity contribution is 0.0732. The summed E-state index contributed by atoms with van der Waals surface area (Å²) in [5.41, 5.74) is 1.29. The summed E-state index contributed by atoms with van der Waals surface area (Å²) in [5.74, 6) is 0.420. The van der Waals surface area contributed by atoms with Crippen molar-refractivity contribution in [3.63, 3.8) is 0 Å². The molecule has 3 aromatic carbocycles. The van der Waals surface area contributed by atoms with Crippen LogP contribution in [0.4, 0.5) is 0 Å². The quantitative estimate of drug-likeness (QED) is 0.226. The van der Waals surface area contributed by atoms with Crippen molar-refractivity contribution in [3.8, 4) is 23.0 Å². The summed E-state index contributed by atoms with van der Waals surface area (Å²) in [6, 6.07) is 18.8. The van der Waals surface area contributed by atoms with E-state index in [1.54, 1.807) is 61.7 Å². The van der Waals surface area contributed by atoms with Crippen LogP contribution in [0.25, 0.3) is 6.08 Å². The van der Waals surface area contributed by atoms with Gasteiger partial charge in [-0.05, 0) is 35.9 Å². The van der Waals surface area contributed by atoms with Gasteiger partial charge in [-0.2, -0.15) is 0 Å². The minimum absolute atomic E-state index is 0.0504. The third-order valence-corrected chi connectivity index (χ3v) is 4.50. The third kappa shape index (κ3) is 5.30. The molecule has 158 valence electrons. The van der Waals surface area contributed by atoms with E-state index in [0.29, 0.717) is 11.3 Å². The molecule has 6 heteroatoms. The molecule has 0 amide bonds.